The van der Waals surface area contributed by atoms with Crippen molar-refractivity contribution in [1.29, 1.82) is 0 Å². The van der Waals surface area contributed by atoms with Crippen LogP contribution >= 0.6 is 0 Å². The summed E-state index contributed by atoms with van der Waals surface area (Å²) < 4.78 is 9.79. The zero-order valence-electron chi connectivity index (χ0n) is 13.7. The minimum absolute atomic E-state index is 0.344. The molecule has 2 aliphatic rings. The Bertz CT molecular complexity index is 554. The molecule has 124 valence electrons. The van der Waals surface area contributed by atoms with Crippen molar-refractivity contribution in [3.63, 3.8) is 0 Å². The summed E-state index contributed by atoms with van der Waals surface area (Å²) in [5, 5.41) is 0. The highest BCUT2D eigenvalue weighted by Gasteiger charge is 2.59. The normalized spacial score (nSPS) is 25.8. The highest BCUT2D eigenvalue weighted by Crippen LogP contribution is 2.50. The van der Waals surface area contributed by atoms with Crippen LogP contribution in [0.15, 0.2) is 30.3 Å². The van der Waals surface area contributed by atoms with Crippen molar-refractivity contribution in [2.45, 2.75) is 19.4 Å². The lowest BCUT2D eigenvalue weighted by Crippen LogP contribution is -2.40. The molecule has 0 N–H and O–H groups in total. The first-order valence-corrected chi connectivity index (χ1v) is 8.02. The highest BCUT2D eigenvalue weighted by atomic mass is 16.5. The highest BCUT2D eigenvalue weighted by molar-refractivity contribution is 6.00. The van der Waals surface area contributed by atoms with Crippen LogP contribution in [-0.2, 0) is 25.6 Å². The Hall–Kier alpha value is -1.88. The van der Waals surface area contributed by atoms with Crippen LogP contribution in [0.1, 0.15) is 18.4 Å². The number of rotatable bonds is 4. The smallest absolute Gasteiger partial charge is 0.323 e. The first-order valence-electron chi connectivity index (χ1n) is 8.02. The van der Waals surface area contributed by atoms with E-state index < -0.39 is 17.4 Å². The minimum Gasteiger partial charge on any atom is -0.468 e. The van der Waals surface area contributed by atoms with E-state index in [9.17, 15) is 9.59 Å². The third-order valence-electron chi connectivity index (χ3n) is 5.27. The average molecular weight is 317 g/mol. The van der Waals surface area contributed by atoms with E-state index >= 15 is 0 Å². The van der Waals surface area contributed by atoms with Crippen LogP contribution in [0.25, 0.3) is 0 Å². The third kappa shape index (κ3) is 2.85. The molecule has 3 rings (SSSR count). The molecule has 1 aromatic rings. The molecular formula is C18H23NO4. The molecule has 2 atom stereocenters. The molecule has 0 aromatic heterocycles. The second kappa shape index (κ2) is 6.32. The number of fused-ring (bicyclic) bond motifs is 1. The number of carbonyl (C=O) groups excluding carboxylic acids is 2. The van der Waals surface area contributed by atoms with Crippen molar-refractivity contribution in [2.24, 2.45) is 17.3 Å². The molecule has 1 aliphatic heterocycles. The molecule has 1 aromatic carbocycles. The fourth-order valence-corrected chi connectivity index (χ4v) is 4.26. The molecule has 1 heterocycles. The van der Waals surface area contributed by atoms with Crippen LogP contribution in [0.3, 0.4) is 0 Å². The summed E-state index contributed by atoms with van der Waals surface area (Å²) in [7, 11) is 2.67. The van der Waals surface area contributed by atoms with E-state index in [0.717, 1.165) is 19.6 Å². The Morgan fingerprint density at radius 2 is 1.57 bits per heavy atom. The number of likely N-dealkylation sites (tertiary alicyclic amines) is 1. The van der Waals surface area contributed by atoms with E-state index in [4.69, 9.17) is 9.47 Å². The fraction of sp³-hybridized carbons (Fsp3) is 0.556. The molecule has 1 aliphatic carbocycles. The van der Waals surface area contributed by atoms with Gasteiger partial charge in [0.15, 0.2) is 5.41 Å². The first kappa shape index (κ1) is 16.0. The Morgan fingerprint density at radius 1 is 1.04 bits per heavy atom. The van der Waals surface area contributed by atoms with Crippen molar-refractivity contribution in [3.8, 4) is 0 Å². The standard InChI is InChI=1S/C18H23NO4/c1-22-16(20)18(17(21)23-2)8-14-11-19(12-15(14)9-18)10-13-6-4-3-5-7-13/h3-7,14-15H,8-12H2,1-2H3/t14-,15+. The van der Waals surface area contributed by atoms with Gasteiger partial charge in [0.2, 0.25) is 0 Å². The molecule has 0 amide bonds. The van der Waals surface area contributed by atoms with Gasteiger partial charge in [-0.25, -0.2) is 0 Å². The molecule has 1 saturated heterocycles. The maximum atomic E-state index is 12.2. The number of benzene rings is 1. The van der Waals surface area contributed by atoms with Gasteiger partial charge in [-0.05, 0) is 30.2 Å². The van der Waals surface area contributed by atoms with E-state index in [0.29, 0.717) is 24.7 Å². The maximum Gasteiger partial charge on any atom is 0.323 e. The molecule has 23 heavy (non-hydrogen) atoms. The molecule has 0 unspecified atom stereocenters. The van der Waals surface area contributed by atoms with Crippen LogP contribution in [0.4, 0.5) is 0 Å². The van der Waals surface area contributed by atoms with Gasteiger partial charge in [0.1, 0.15) is 0 Å². The van der Waals surface area contributed by atoms with Gasteiger partial charge in [0, 0.05) is 19.6 Å². The molecular weight excluding hydrogens is 294 g/mol. The summed E-state index contributed by atoms with van der Waals surface area (Å²) in [4.78, 5) is 26.8. The maximum absolute atomic E-state index is 12.2. The van der Waals surface area contributed by atoms with Crippen LogP contribution in [-0.4, -0.2) is 44.1 Å². The summed E-state index contributed by atoms with van der Waals surface area (Å²) in [6.07, 6.45) is 1.06. The summed E-state index contributed by atoms with van der Waals surface area (Å²) in [5.41, 5.74) is 0.192. The molecule has 1 saturated carbocycles. The lowest BCUT2D eigenvalue weighted by Gasteiger charge is -2.26. The monoisotopic (exact) mass is 317 g/mol. The molecule has 2 fully saturated rings. The lowest BCUT2D eigenvalue weighted by atomic mass is 9.84. The summed E-state index contributed by atoms with van der Waals surface area (Å²) in [5.74, 6) is -0.212. The van der Waals surface area contributed by atoms with E-state index in [1.165, 1.54) is 19.8 Å². The van der Waals surface area contributed by atoms with Crippen molar-refractivity contribution in [3.05, 3.63) is 35.9 Å². The Balaban J connectivity index is 1.68. The lowest BCUT2D eigenvalue weighted by molar-refractivity contribution is -0.169. The van der Waals surface area contributed by atoms with Gasteiger partial charge in [-0.3, -0.25) is 14.5 Å². The number of hydrogen-bond acceptors (Lipinski definition) is 5. The van der Waals surface area contributed by atoms with E-state index in [2.05, 4.69) is 17.0 Å². The number of ether oxygens (including phenoxy) is 2. The van der Waals surface area contributed by atoms with Crippen LogP contribution in [0, 0.1) is 17.3 Å². The second-order valence-corrected chi connectivity index (χ2v) is 6.67. The van der Waals surface area contributed by atoms with Gasteiger partial charge < -0.3 is 9.47 Å². The van der Waals surface area contributed by atoms with Crippen LogP contribution in [0.2, 0.25) is 0 Å². The number of methoxy groups -OCH3 is 2. The Labute approximate surface area is 136 Å². The van der Waals surface area contributed by atoms with E-state index in [-0.39, 0.29) is 0 Å². The third-order valence-corrected chi connectivity index (χ3v) is 5.27. The molecule has 5 heteroatoms. The number of nitrogens with zero attached hydrogens (tertiary/aromatic N) is 1. The Morgan fingerprint density at radius 3 is 2.04 bits per heavy atom. The zero-order valence-corrected chi connectivity index (χ0v) is 13.7. The molecule has 0 spiro atoms. The fourth-order valence-electron chi connectivity index (χ4n) is 4.26. The van der Waals surface area contributed by atoms with Gasteiger partial charge in [-0.15, -0.1) is 0 Å². The van der Waals surface area contributed by atoms with Crippen LogP contribution in [0.5, 0.6) is 0 Å². The predicted octanol–water partition coefficient (Wildman–Crippen LogP) is 1.86. The average Bonchev–Trinajstić information content (AvgIpc) is 3.10. The van der Waals surface area contributed by atoms with Gasteiger partial charge >= 0.3 is 11.9 Å². The summed E-state index contributed by atoms with van der Waals surface area (Å²) in [6.45, 7) is 2.74. The largest absolute Gasteiger partial charge is 0.468 e. The second-order valence-electron chi connectivity index (χ2n) is 6.67. The first-order chi connectivity index (χ1) is 11.1. The Kier molecular flexibility index (Phi) is 4.39. The summed E-state index contributed by atoms with van der Waals surface area (Å²) in [6, 6.07) is 10.4. The summed E-state index contributed by atoms with van der Waals surface area (Å²) >= 11 is 0. The topological polar surface area (TPSA) is 55.8 Å². The van der Waals surface area contributed by atoms with Gasteiger partial charge in [-0.2, -0.15) is 0 Å². The van der Waals surface area contributed by atoms with Crippen molar-refractivity contribution in [1.82, 2.24) is 4.90 Å². The van der Waals surface area contributed by atoms with E-state index in [1.54, 1.807) is 0 Å². The van der Waals surface area contributed by atoms with E-state index in [1.807, 2.05) is 18.2 Å². The quantitative estimate of drug-likeness (QED) is 0.627. The number of hydrogen-bond donors (Lipinski definition) is 0. The van der Waals surface area contributed by atoms with Crippen molar-refractivity contribution < 1.29 is 19.1 Å². The SMILES string of the molecule is COC(=O)C1(C(=O)OC)C[C@H]2CN(Cc3ccccc3)C[C@H]2C1. The van der Waals surface area contributed by atoms with Gasteiger partial charge in [0.25, 0.3) is 0 Å². The van der Waals surface area contributed by atoms with Crippen LogP contribution < -0.4 is 0 Å². The molecule has 0 radical (unpaired) electrons. The zero-order chi connectivity index (χ0) is 16.4. The predicted molar refractivity (Wildman–Crippen MR) is 84.4 cm³/mol. The molecule has 5 nitrogen and oxygen atoms in total. The van der Waals surface area contributed by atoms with Gasteiger partial charge in [-0.1, -0.05) is 30.3 Å². The molecule has 0 bridgehead atoms. The van der Waals surface area contributed by atoms with Crippen molar-refractivity contribution >= 4 is 11.9 Å². The number of esters is 2. The van der Waals surface area contributed by atoms with Gasteiger partial charge in [0.05, 0.1) is 14.2 Å². The van der Waals surface area contributed by atoms with Crippen molar-refractivity contribution in [2.75, 3.05) is 27.3 Å². The minimum atomic E-state index is -1.10. The number of carbonyl (C=O) groups is 2.